The molecule has 0 fully saturated rings. The number of hydrogen-bond donors (Lipinski definition) is 1. The van der Waals surface area contributed by atoms with Gasteiger partial charge in [-0.1, -0.05) is 18.7 Å². The average Bonchev–Trinajstić information content (AvgIpc) is 2.54. The zero-order chi connectivity index (χ0) is 11.5. The molecule has 3 nitrogen and oxygen atoms in total. The zero-order valence-corrected chi connectivity index (χ0v) is 9.58. The van der Waals surface area contributed by atoms with Gasteiger partial charge >= 0.3 is 0 Å². The van der Waals surface area contributed by atoms with Crippen LogP contribution in [0.4, 0.5) is 0 Å². The quantitative estimate of drug-likeness (QED) is 0.719. The Bertz CT molecular complexity index is 349. The molecule has 0 atom stereocenters. The number of hydrogen-bond acceptors (Lipinski definition) is 3. The predicted octanol–water partition coefficient (Wildman–Crippen LogP) is 2.17. The first-order chi connectivity index (χ1) is 7.00. The molecule has 0 spiro atoms. The van der Waals surface area contributed by atoms with Crippen LogP contribution in [0.15, 0.2) is 41.1 Å². The summed E-state index contributed by atoms with van der Waals surface area (Å²) in [6, 6.07) is 0. The van der Waals surface area contributed by atoms with Crippen LogP contribution in [0.25, 0.3) is 0 Å². The van der Waals surface area contributed by atoms with Crippen molar-refractivity contribution < 1.29 is 4.74 Å². The van der Waals surface area contributed by atoms with Crippen molar-refractivity contribution in [3.8, 4) is 0 Å². The summed E-state index contributed by atoms with van der Waals surface area (Å²) in [4.78, 5) is 4.47. The second-order valence-electron chi connectivity index (χ2n) is 4.09. The topological polar surface area (TPSA) is 47.6 Å². The molecule has 1 aliphatic heterocycles. The van der Waals surface area contributed by atoms with E-state index in [0.717, 1.165) is 5.57 Å². The van der Waals surface area contributed by atoms with E-state index >= 15 is 0 Å². The van der Waals surface area contributed by atoms with Gasteiger partial charge in [0.05, 0.1) is 11.1 Å². The SMILES string of the molecule is C=C/C(N)=C(\C=C/C)C1=NC(C)(C)CO1. The van der Waals surface area contributed by atoms with Crippen LogP contribution < -0.4 is 5.73 Å². The van der Waals surface area contributed by atoms with Crippen molar-refractivity contribution in [2.75, 3.05) is 6.61 Å². The first-order valence-electron chi connectivity index (χ1n) is 4.98. The van der Waals surface area contributed by atoms with Crippen LogP contribution in [0.5, 0.6) is 0 Å². The molecule has 0 amide bonds. The Labute approximate surface area is 91.0 Å². The minimum absolute atomic E-state index is 0.163. The summed E-state index contributed by atoms with van der Waals surface area (Å²) >= 11 is 0. The van der Waals surface area contributed by atoms with Crippen molar-refractivity contribution in [2.45, 2.75) is 26.3 Å². The number of nitrogens with zero attached hydrogens (tertiary/aromatic N) is 1. The van der Waals surface area contributed by atoms with E-state index in [0.29, 0.717) is 18.2 Å². The molecule has 1 rings (SSSR count). The van der Waals surface area contributed by atoms with E-state index in [1.54, 1.807) is 6.08 Å². The molecule has 15 heavy (non-hydrogen) atoms. The van der Waals surface area contributed by atoms with Gasteiger partial charge in [0.1, 0.15) is 6.61 Å². The summed E-state index contributed by atoms with van der Waals surface area (Å²) in [6.45, 7) is 10.2. The molecule has 0 aliphatic carbocycles. The summed E-state index contributed by atoms with van der Waals surface area (Å²) in [7, 11) is 0. The molecule has 3 heteroatoms. The molecule has 82 valence electrons. The van der Waals surface area contributed by atoms with Gasteiger partial charge in [0.2, 0.25) is 5.90 Å². The molecule has 1 aliphatic rings. The summed E-state index contributed by atoms with van der Waals surface area (Å²) in [5.74, 6) is 0.607. The molecular weight excluding hydrogens is 188 g/mol. The summed E-state index contributed by atoms with van der Waals surface area (Å²) < 4.78 is 5.52. The smallest absolute Gasteiger partial charge is 0.218 e. The summed E-state index contributed by atoms with van der Waals surface area (Å²) in [5, 5.41) is 0. The van der Waals surface area contributed by atoms with E-state index < -0.39 is 0 Å². The van der Waals surface area contributed by atoms with Gasteiger partial charge in [-0.15, -0.1) is 0 Å². The second kappa shape index (κ2) is 4.34. The lowest BCUT2D eigenvalue weighted by molar-refractivity contribution is 0.279. The minimum atomic E-state index is -0.163. The van der Waals surface area contributed by atoms with Crippen molar-refractivity contribution in [2.24, 2.45) is 10.7 Å². The number of ether oxygens (including phenoxy) is 1. The maximum atomic E-state index is 5.82. The molecule has 0 aromatic rings. The molecular formula is C12H18N2O. The van der Waals surface area contributed by atoms with Crippen molar-refractivity contribution in [1.82, 2.24) is 0 Å². The fourth-order valence-electron chi connectivity index (χ4n) is 1.29. The maximum absolute atomic E-state index is 5.82. The largest absolute Gasteiger partial charge is 0.475 e. The second-order valence-corrected chi connectivity index (χ2v) is 4.09. The molecule has 0 bridgehead atoms. The first-order valence-corrected chi connectivity index (χ1v) is 4.98. The molecule has 0 unspecified atom stereocenters. The van der Waals surface area contributed by atoms with E-state index in [9.17, 15) is 0 Å². The van der Waals surface area contributed by atoms with Crippen LogP contribution >= 0.6 is 0 Å². The number of rotatable bonds is 3. The summed E-state index contributed by atoms with van der Waals surface area (Å²) in [5.41, 5.74) is 7.05. The fourth-order valence-corrected chi connectivity index (χ4v) is 1.29. The normalized spacial score (nSPS) is 20.9. The molecule has 0 saturated heterocycles. The molecule has 0 radical (unpaired) electrons. The number of aliphatic imine (C=N–C) groups is 1. The van der Waals surface area contributed by atoms with Gasteiger partial charge in [0.15, 0.2) is 0 Å². The van der Waals surface area contributed by atoms with Crippen molar-refractivity contribution in [1.29, 1.82) is 0 Å². The van der Waals surface area contributed by atoms with Crippen LogP contribution in [0.1, 0.15) is 20.8 Å². The fraction of sp³-hybridized carbons (Fsp3) is 0.417. The molecule has 0 aromatic heterocycles. The third kappa shape index (κ3) is 2.72. The minimum Gasteiger partial charge on any atom is -0.475 e. The lowest BCUT2D eigenvalue weighted by atomic mass is 10.1. The van der Waals surface area contributed by atoms with E-state index in [1.807, 2.05) is 32.9 Å². The highest BCUT2D eigenvalue weighted by Crippen LogP contribution is 2.21. The van der Waals surface area contributed by atoms with Crippen LogP contribution in [0.3, 0.4) is 0 Å². The Morgan fingerprint density at radius 2 is 2.27 bits per heavy atom. The lowest BCUT2D eigenvalue weighted by Crippen LogP contribution is -2.17. The Hall–Kier alpha value is -1.51. The van der Waals surface area contributed by atoms with Crippen LogP contribution in [0.2, 0.25) is 0 Å². The Morgan fingerprint density at radius 3 is 2.67 bits per heavy atom. The van der Waals surface area contributed by atoms with E-state index in [1.165, 1.54) is 0 Å². The first kappa shape index (κ1) is 11.6. The molecule has 2 N–H and O–H groups in total. The highest BCUT2D eigenvalue weighted by Gasteiger charge is 2.27. The van der Waals surface area contributed by atoms with Gasteiger partial charge in [0.25, 0.3) is 0 Å². The third-order valence-corrected chi connectivity index (χ3v) is 2.06. The van der Waals surface area contributed by atoms with Crippen molar-refractivity contribution >= 4 is 5.90 Å². The van der Waals surface area contributed by atoms with E-state index in [-0.39, 0.29) is 5.54 Å². The highest BCUT2D eigenvalue weighted by atomic mass is 16.5. The number of nitrogens with two attached hydrogens (primary N) is 1. The molecule has 0 saturated carbocycles. The predicted molar refractivity (Wildman–Crippen MR) is 63.7 cm³/mol. The van der Waals surface area contributed by atoms with Crippen LogP contribution in [-0.4, -0.2) is 18.0 Å². The lowest BCUT2D eigenvalue weighted by Gasteiger charge is -2.07. The molecule has 1 heterocycles. The highest BCUT2D eigenvalue weighted by molar-refractivity contribution is 5.98. The monoisotopic (exact) mass is 206 g/mol. The zero-order valence-electron chi connectivity index (χ0n) is 9.58. The van der Waals surface area contributed by atoms with E-state index in [4.69, 9.17) is 10.5 Å². The van der Waals surface area contributed by atoms with Gasteiger partial charge in [-0.2, -0.15) is 0 Å². The summed E-state index contributed by atoms with van der Waals surface area (Å²) in [6.07, 6.45) is 5.40. The van der Waals surface area contributed by atoms with Crippen molar-refractivity contribution in [3.05, 3.63) is 36.1 Å². The maximum Gasteiger partial charge on any atom is 0.218 e. The van der Waals surface area contributed by atoms with Gasteiger partial charge in [-0.25, -0.2) is 4.99 Å². The standard InChI is InChI=1S/C12H18N2O/c1-5-7-9(10(13)6-2)11-14-12(3,4)8-15-11/h5-7H,2,8,13H2,1,3-4H3/b7-5-,10-9-. The van der Waals surface area contributed by atoms with Gasteiger partial charge in [-0.05, 0) is 26.8 Å². The molecule has 0 aromatic carbocycles. The van der Waals surface area contributed by atoms with Crippen LogP contribution in [0, 0.1) is 0 Å². The number of allylic oxidation sites excluding steroid dienone is 2. The average molecular weight is 206 g/mol. The van der Waals surface area contributed by atoms with Gasteiger partial charge in [0, 0.05) is 5.70 Å². The Kier molecular flexibility index (Phi) is 3.35. The van der Waals surface area contributed by atoms with Crippen molar-refractivity contribution in [3.63, 3.8) is 0 Å². The van der Waals surface area contributed by atoms with Gasteiger partial charge in [-0.3, -0.25) is 0 Å². The van der Waals surface area contributed by atoms with Crippen LogP contribution in [-0.2, 0) is 4.74 Å². The third-order valence-electron chi connectivity index (χ3n) is 2.06. The van der Waals surface area contributed by atoms with E-state index in [2.05, 4.69) is 11.6 Å². The Balaban J connectivity index is 3.09. The van der Waals surface area contributed by atoms with Gasteiger partial charge < -0.3 is 10.5 Å². The Morgan fingerprint density at radius 1 is 1.60 bits per heavy atom.